The zero-order valence-electron chi connectivity index (χ0n) is 29.8. The summed E-state index contributed by atoms with van der Waals surface area (Å²) in [6.45, 7) is 0. The number of nitrogens with zero attached hydrogens (tertiary/aromatic N) is 2. The van der Waals surface area contributed by atoms with Gasteiger partial charge < -0.3 is 40.2 Å². The highest BCUT2D eigenvalue weighted by Gasteiger charge is 2.17. The smallest absolute Gasteiger partial charge is 0.235 e. The number of benzene rings is 4. The molecule has 0 spiro atoms. The molecule has 57 heavy (non-hydrogen) atoms. The standard InChI is InChI=1S/C19H15BrFN3O4S.C19H16FN3O4S/c1-27-13-4-2-3-5-14(13)28-15-8-11(21)6-7-12(15)23-17(25)9-18(26)24-19-22-10-16(20)29-19;1-26-14-4-2-3-5-15(14)27-16-10-12(20)6-7-13(16)22-17(24)11-18(25)23-19-21-8-9-28-19/h2-8,10H,9H2,1H3,(H,23,25)(H,22,24,26);2-10H,11H2,1H3,(H,22,24)(H,21,23,25). The number of ether oxygens (including phenoxy) is 4. The molecule has 14 nitrogen and oxygen atoms in total. The number of nitrogens with one attached hydrogen (secondary N) is 4. The van der Waals surface area contributed by atoms with Crippen LogP contribution in [0.1, 0.15) is 12.8 Å². The first kappa shape index (κ1) is 41.7. The average Bonchev–Trinajstić information content (AvgIpc) is 3.85. The maximum absolute atomic E-state index is 13.7. The molecule has 4 N–H and O–H groups in total. The number of hydrogen-bond donors (Lipinski definition) is 4. The van der Waals surface area contributed by atoms with Gasteiger partial charge in [-0.15, -0.1) is 11.3 Å². The van der Waals surface area contributed by atoms with Gasteiger partial charge in [-0.25, -0.2) is 18.7 Å². The summed E-state index contributed by atoms with van der Waals surface area (Å²) < 4.78 is 50.0. The third kappa shape index (κ3) is 12.8. The summed E-state index contributed by atoms with van der Waals surface area (Å²) >= 11 is 5.71. The second-order valence-corrected chi connectivity index (χ2v) is 14.4. The number of hydrogen-bond acceptors (Lipinski definition) is 12. The lowest BCUT2D eigenvalue weighted by molar-refractivity contribution is -0.125. The summed E-state index contributed by atoms with van der Waals surface area (Å²) in [6.07, 6.45) is 2.22. The van der Waals surface area contributed by atoms with Gasteiger partial charge in [0, 0.05) is 23.7 Å². The van der Waals surface area contributed by atoms with Crippen molar-refractivity contribution in [3.05, 3.63) is 118 Å². The van der Waals surface area contributed by atoms with E-state index in [0.717, 1.165) is 15.9 Å². The van der Waals surface area contributed by atoms with Gasteiger partial charge in [0.2, 0.25) is 23.6 Å². The molecule has 2 heterocycles. The molecule has 6 aromatic rings. The Morgan fingerprint density at radius 3 is 1.49 bits per heavy atom. The van der Waals surface area contributed by atoms with Crippen molar-refractivity contribution >= 4 is 83.9 Å². The van der Waals surface area contributed by atoms with Crippen molar-refractivity contribution in [2.75, 3.05) is 35.5 Å². The van der Waals surface area contributed by atoms with Gasteiger partial charge in [-0.2, -0.15) is 0 Å². The summed E-state index contributed by atoms with van der Waals surface area (Å²) in [5.41, 5.74) is 0.437. The minimum atomic E-state index is -0.588. The maximum atomic E-state index is 13.7. The summed E-state index contributed by atoms with van der Waals surface area (Å²) in [7, 11) is 2.97. The van der Waals surface area contributed by atoms with Crippen molar-refractivity contribution in [1.29, 1.82) is 0 Å². The van der Waals surface area contributed by atoms with E-state index in [2.05, 4.69) is 47.2 Å². The van der Waals surface area contributed by atoms with E-state index in [1.807, 2.05) is 0 Å². The molecule has 4 aromatic carbocycles. The Balaban J connectivity index is 0.000000218. The Labute approximate surface area is 340 Å². The Morgan fingerprint density at radius 2 is 1.07 bits per heavy atom. The highest BCUT2D eigenvalue weighted by Crippen LogP contribution is 2.37. The van der Waals surface area contributed by atoms with E-state index in [1.54, 1.807) is 66.3 Å². The number of rotatable bonds is 14. The highest BCUT2D eigenvalue weighted by molar-refractivity contribution is 9.11. The number of methoxy groups -OCH3 is 2. The lowest BCUT2D eigenvalue weighted by Crippen LogP contribution is -2.21. The molecule has 294 valence electrons. The van der Waals surface area contributed by atoms with Crippen molar-refractivity contribution in [3.63, 3.8) is 0 Å². The van der Waals surface area contributed by atoms with Crippen LogP contribution in [0.4, 0.5) is 30.4 Å². The van der Waals surface area contributed by atoms with E-state index < -0.39 is 48.1 Å². The Kier molecular flexibility index (Phi) is 15.0. The van der Waals surface area contributed by atoms with Crippen LogP contribution in [0, 0.1) is 11.6 Å². The van der Waals surface area contributed by atoms with Crippen LogP contribution in [0.15, 0.2) is 106 Å². The van der Waals surface area contributed by atoms with Gasteiger partial charge >= 0.3 is 0 Å². The first-order valence-corrected chi connectivity index (χ1v) is 18.9. The number of thiazole rings is 2. The van der Waals surface area contributed by atoms with Crippen LogP contribution >= 0.6 is 38.6 Å². The predicted octanol–water partition coefficient (Wildman–Crippen LogP) is 8.86. The zero-order chi connectivity index (χ0) is 40.7. The van der Waals surface area contributed by atoms with Crippen LogP contribution < -0.4 is 40.2 Å². The number of carbonyl (C=O) groups is 4. The number of anilines is 4. The minimum Gasteiger partial charge on any atom is -0.493 e. The molecule has 0 atom stereocenters. The van der Waals surface area contributed by atoms with Gasteiger partial charge in [-0.3, -0.25) is 19.2 Å². The fourth-order valence-electron chi connectivity index (χ4n) is 4.62. The number of amides is 4. The van der Waals surface area contributed by atoms with E-state index in [0.29, 0.717) is 33.3 Å². The molecule has 4 amide bonds. The Morgan fingerprint density at radius 1 is 0.614 bits per heavy atom. The first-order chi connectivity index (χ1) is 27.5. The average molecular weight is 882 g/mol. The number of para-hydroxylation sites is 4. The van der Waals surface area contributed by atoms with Gasteiger partial charge in [-0.05, 0) is 64.5 Å². The normalized spacial score (nSPS) is 10.3. The van der Waals surface area contributed by atoms with Crippen molar-refractivity contribution in [1.82, 2.24) is 9.97 Å². The lowest BCUT2D eigenvalue weighted by atomic mass is 10.2. The quantitative estimate of drug-likeness (QED) is 0.0773. The summed E-state index contributed by atoms with van der Waals surface area (Å²) in [5.74, 6) is -1.53. The SMILES string of the molecule is COc1ccccc1Oc1cc(F)ccc1NC(=O)CC(=O)Nc1ncc(Br)s1.COc1ccccc1Oc1cc(F)ccc1NC(=O)CC(=O)Nc1nccs1. The largest absolute Gasteiger partial charge is 0.493 e. The van der Waals surface area contributed by atoms with Gasteiger partial charge in [0.25, 0.3) is 0 Å². The van der Waals surface area contributed by atoms with Gasteiger partial charge in [0.15, 0.2) is 44.8 Å². The predicted molar refractivity (Wildman–Crippen MR) is 215 cm³/mol. The molecule has 0 unspecified atom stereocenters. The highest BCUT2D eigenvalue weighted by atomic mass is 79.9. The van der Waals surface area contributed by atoms with Crippen LogP contribution in [0.2, 0.25) is 0 Å². The first-order valence-electron chi connectivity index (χ1n) is 16.4. The molecule has 6 rings (SSSR count). The second-order valence-electron chi connectivity index (χ2n) is 11.1. The molecular formula is C38H31BrF2N6O8S2. The molecular weight excluding hydrogens is 850 g/mol. The monoisotopic (exact) mass is 880 g/mol. The van der Waals surface area contributed by atoms with Crippen molar-refractivity contribution < 1.29 is 46.9 Å². The van der Waals surface area contributed by atoms with Crippen molar-refractivity contribution in [2.45, 2.75) is 12.8 Å². The van der Waals surface area contributed by atoms with E-state index >= 15 is 0 Å². The molecule has 0 bridgehead atoms. The molecule has 0 saturated carbocycles. The molecule has 19 heteroatoms. The summed E-state index contributed by atoms with van der Waals surface area (Å²) in [5, 5.41) is 12.6. The van der Waals surface area contributed by atoms with Crippen LogP contribution in [-0.2, 0) is 19.2 Å². The number of halogens is 3. The van der Waals surface area contributed by atoms with Crippen LogP contribution in [0.25, 0.3) is 0 Å². The van der Waals surface area contributed by atoms with Gasteiger partial charge in [0.05, 0.1) is 35.6 Å². The fraction of sp³-hybridized carbons (Fsp3) is 0.105. The van der Waals surface area contributed by atoms with E-state index in [4.69, 9.17) is 18.9 Å². The third-order valence-corrected chi connectivity index (χ3v) is 9.14. The van der Waals surface area contributed by atoms with Crippen molar-refractivity contribution in [3.8, 4) is 34.5 Å². The fourth-order valence-corrected chi connectivity index (χ4v) is 6.28. The lowest BCUT2D eigenvalue weighted by Gasteiger charge is -2.14. The zero-order valence-corrected chi connectivity index (χ0v) is 33.1. The van der Waals surface area contributed by atoms with Gasteiger partial charge in [0.1, 0.15) is 24.5 Å². The van der Waals surface area contributed by atoms with E-state index in [1.165, 1.54) is 61.2 Å². The Bertz CT molecular complexity index is 2350. The minimum absolute atomic E-state index is 0.0760. The summed E-state index contributed by atoms with van der Waals surface area (Å²) in [6, 6.07) is 21.0. The molecule has 0 radical (unpaired) electrons. The van der Waals surface area contributed by atoms with Crippen LogP contribution in [0.5, 0.6) is 34.5 Å². The Hall–Kier alpha value is -6.44. The summed E-state index contributed by atoms with van der Waals surface area (Å²) in [4.78, 5) is 56.3. The van der Waals surface area contributed by atoms with Crippen molar-refractivity contribution in [2.24, 2.45) is 0 Å². The molecule has 0 aliphatic carbocycles. The number of carbonyl (C=O) groups excluding carboxylic acids is 4. The molecule has 0 saturated heterocycles. The molecule has 0 aliphatic rings. The van der Waals surface area contributed by atoms with E-state index in [9.17, 15) is 28.0 Å². The third-order valence-electron chi connectivity index (χ3n) is 7.06. The molecule has 2 aromatic heterocycles. The topological polar surface area (TPSA) is 179 Å². The molecule has 0 aliphatic heterocycles. The molecule has 0 fully saturated rings. The van der Waals surface area contributed by atoms with Gasteiger partial charge in [-0.1, -0.05) is 35.6 Å². The second kappa shape index (κ2) is 20.5. The van der Waals surface area contributed by atoms with Crippen LogP contribution in [-0.4, -0.2) is 47.8 Å². The van der Waals surface area contributed by atoms with Crippen LogP contribution in [0.3, 0.4) is 0 Å². The van der Waals surface area contributed by atoms with E-state index in [-0.39, 0.29) is 22.9 Å². The number of aromatic nitrogens is 2. The maximum Gasteiger partial charge on any atom is 0.235 e.